The van der Waals surface area contributed by atoms with E-state index in [9.17, 15) is 4.79 Å². The third-order valence-electron chi connectivity index (χ3n) is 2.16. The van der Waals surface area contributed by atoms with Crippen molar-refractivity contribution in [1.29, 1.82) is 0 Å². The Morgan fingerprint density at radius 2 is 1.88 bits per heavy atom. The number of hydrogen-bond donors (Lipinski definition) is 1. The summed E-state index contributed by atoms with van der Waals surface area (Å²) >= 11 is 11.7. The highest BCUT2D eigenvalue weighted by atomic mass is 35.5. The number of halogens is 2. The number of nitrogens with one attached hydrogen (secondary N) is 1. The molecular formula is C13H17Cl2NO. The second-order valence-electron chi connectivity index (χ2n) is 5.26. The minimum absolute atomic E-state index is 0.00156. The highest BCUT2D eigenvalue weighted by Crippen LogP contribution is 2.22. The summed E-state index contributed by atoms with van der Waals surface area (Å²) in [5.74, 6) is -0.00156. The van der Waals surface area contributed by atoms with Gasteiger partial charge in [-0.15, -0.1) is 0 Å². The molecule has 1 N–H and O–H groups in total. The number of benzene rings is 1. The Balaban J connectivity index is 2.54. The summed E-state index contributed by atoms with van der Waals surface area (Å²) in [7, 11) is 0. The summed E-state index contributed by atoms with van der Waals surface area (Å²) in [6.45, 7) is 6.89. The quantitative estimate of drug-likeness (QED) is 0.894. The lowest BCUT2D eigenvalue weighted by molar-refractivity contribution is -0.120. The lowest BCUT2D eigenvalue weighted by Crippen LogP contribution is -2.33. The maximum absolute atomic E-state index is 11.7. The van der Waals surface area contributed by atoms with Crippen molar-refractivity contribution < 1.29 is 4.79 Å². The summed E-state index contributed by atoms with van der Waals surface area (Å²) in [5, 5.41) is 3.87. The van der Waals surface area contributed by atoms with Crippen LogP contribution in [0, 0.1) is 5.41 Å². The van der Waals surface area contributed by atoms with Gasteiger partial charge in [0.15, 0.2) is 0 Å². The van der Waals surface area contributed by atoms with E-state index in [1.807, 2.05) is 6.07 Å². The SMILES string of the molecule is CC(C)(C)CNC(=O)Cc1ccc(Cl)c(Cl)c1. The van der Waals surface area contributed by atoms with Crippen molar-refractivity contribution >= 4 is 29.1 Å². The molecule has 1 aromatic carbocycles. The Kier molecular flexibility index (Phi) is 4.84. The molecule has 0 radical (unpaired) electrons. The molecule has 17 heavy (non-hydrogen) atoms. The van der Waals surface area contributed by atoms with Crippen LogP contribution in [-0.2, 0) is 11.2 Å². The van der Waals surface area contributed by atoms with Gasteiger partial charge in [0, 0.05) is 6.54 Å². The van der Waals surface area contributed by atoms with Gasteiger partial charge in [-0.2, -0.15) is 0 Å². The molecule has 0 aromatic heterocycles. The minimum Gasteiger partial charge on any atom is -0.355 e. The average Bonchev–Trinajstić information content (AvgIpc) is 2.20. The Bertz CT molecular complexity index is 410. The molecule has 0 unspecified atom stereocenters. The van der Waals surface area contributed by atoms with E-state index in [0.29, 0.717) is 23.0 Å². The van der Waals surface area contributed by atoms with Crippen molar-refractivity contribution in [1.82, 2.24) is 5.32 Å². The summed E-state index contributed by atoms with van der Waals surface area (Å²) in [4.78, 5) is 11.7. The van der Waals surface area contributed by atoms with Gasteiger partial charge in [0.05, 0.1) is 16.5 Å². The number of carbonyl (C=O) groups excluding carboxylic acids is 1. The number of carbonyl (C=O) groups is 1. The van der Waals surface area contributed by atoms with Crippen LogP contribution in [0.15, 0.2) is 18.2 Å². The van der Waals surface area contributed by atoms with Crippen LogP contribution in [0.2, 0.25) is 10.0 Å². The first-order chi connectivity index (χ1) is 7.78. The summed E-state index contributed by atoms with van der Waals surface area (Å²) < 4.78 is 0. The molecule has 94 valence electrons. The van der Waals surface area contributed by atoms with Crippen LogP contribution in [0.3, 0.4) is 0 Å². The molecule has 0 aliphatic heterocycles. The molecule has 0 aliphatic carbocycles. The van der Waals surface area contributed by atoms with E-state index in [1.54, 1.807) is 12.1 Å². The fourth-order valence-corrected chi connectivity index (χ4v) is 1.58. The van der Waals surface area contributed by atoms with Gasteiger partial charge in [-0.05, 0) is 23.1 Å². The maximum Gasteiger partial charge on any atom is 0.224 e. The summed E-state index contributed by atoms with van der Waals surface area (Å²) in [6.07, 6.45) is 0.326. The zero-order valence-corrected chi connectivity index (χ0v) is 11.8. The highest BCUT2D eigenvalue weighted by Gasteiger charge is 2.12. The van der Waals surface area contributed by atoms with E-state index in [4.69, 9.17) is 23.2 Å². The van der Waals surface area contributed by atoms with Gasteiger partial charge in [-0.3, -0.25) is 4.79 Å². The number of hydrogen-bond acceptors (Lipinski definition) is 1. The third-order valence-corrected chi connectivity index (χ3v) is 2.90. The van der Waals surface area contributed by atoms with Gasteiger partial charge in [0.1, 0.15) is 0 Å². The second-order valence-corrected chi connectivity index (χ2v) is 6.08. The van der Waals surface area contributed by atoms with E-state index in [1.165, 1.54) is 0 Å². The lowest BCUT2D eigenvalue weighted by atomic mass is 9.97. The molecule has 0 atom stereocenters. The smallest absolute Gasteiger partial charge is 0.224 e. The van der Waals surface area contributed by atoms with Crippen LogP contribution in [0.25, 0.3) is 0 Å². The fraction of sp³-hybridized carbons (Fsp3) is 0.462. The Morgan fingerprint density at radius 1 is 1.24 bits per heavy atom. The molecule has 1 aromatic rings. The highest BCUT2D eigenvalue weighted by molar-refractivity contribution is 6.42. The van der Waals surface area contributed by atoms with Crippen molar-refractivity contribution in [2.75, 3.05) is 6.54 Å². The largest absolute Gasteiger partial charge is 0.355 e. The van der Waals surface area contributed by atoms with Gasteiger partial charge in [-0.1, -0.05) is 50.0 Å². The normalized spacial score (nSPS) is 11.4. The topological polar surface area (TPSA) is 29.1 Å². The van der Waals surface area contributed by atoms with E-state index in [-0.39, 0.29) is 11.3 Å². The van der Waals surface area contributed by atoms with Crippen LogP contribution >= 0.6 is 23.2 Å². The molecule has 2 nitrogen and oxygen atoms in total. The minimum atomic E-state index is -0.00156. The molecule has 0 bridgehead atoms. The molecular weight excluding hydrogens is 257 g/mol. The zero-order chi connectivity index (χ0) is 13.1. The van der Waals surface area contributed by atoms with Crippen LogP contribution in [0.4, 0.5) is 0 Å². The summed E-state index contributed by atoms with van der Waals surface area (Å²) in [5.41, 5.74) is 0.957. The molecule has 0 spiro atoms. The van der Waals surface area contributed by atoms with Gasteiger partial charge < -0.3 is 5.32 Å². The van der Waals surface area contributed by atoms with E-state index in [0.717, 1.165) is 5.56 Å². The first kappa shape index (κ1) is 14.3. The number of amides is 1. The molecule has 0 saturated carbocycles. The van der Waals surface area contributed by atoms with Gasteiger partial charge in [0.2, 0.25) is 5.91 Å². The fourth-order valence-electron chi connectivity index (χ4n) is 1.26. The first-order valence-corrected chi connectivity index (χ1v) is 6.24. The van der Waals surface area contributed by atoms with E-state index < -0.39 is 0 Å². The molecule has 1 rings (SSSR count). The van der Waals surface area contributed by atoms with Crippen LogP contribution < -0.4 is 5.32 Å². The van der Waals surface area contributed by atoms with Crippen molar-refractivity contribution in [2.24, 2.45) is 5.41 Å². The summed E-state index contributed by atoms with van der Waals surface area (Å²) in [6, 6.07) is 5.24. The van der Waals surface area contributed by atoms with Gasteiger partial charge >= 0.3 is 0 Å². The molecule has 0 heterocycles. The predicted octanol–water partition coefficient (Wildman–Crippen LogP) is 3.70. The van der Waals surface area contributed by atoms with Gasteiger partial charge in [-0.25, -0.2) is 0 Å². The lowest BCUT2D eigenvalue weighted by Gasteiger charge is -2.18. The van der Waals surface area contributed by atoms with Crippen molar-refractivity contribution in [3.8, 4) is 0 Å². The Hall–Kier alpha value is -0.730. The van der Waals surface area contributed by atoms with Crippen LogP contribution in [0.1, 0.15) is 26.3 Å². The number of rotatable bonds is 3. The molecule has 1 amide bonds. The second kappa shape index (κ2) is 5.74. The molecule has 0 fully saturated rings. The maximum atomic E-state index is 11.7. The van der Waals surface area contributed by atoms with Crippen molar-refractivity contribution in [3.05, 3.63) is 33.8 Å². The molecule has 0 aliphatic rings. The van der Waals surface area contributed by atoms with Gasteiger partial charge in [0.25, 0.3) is 0 Å². The van der Waals surface area contributed by atoms with E-state index in [2.05, 4.69) is 26.1 Å². The average molecular weight is 274 g/mol. The first-order valence-electron chi connectivity index (χ1n) is 5.48. The van der Waals surface area contributed by atoms with Crippen molar-refractivity contribution in [2.45, 2.75) is 27.2 Å². The van der Waals surface area contributed by atoms with E-state index >= 15 is 0 Å². The Labute approximate surface area is 112 Å². The predicted molar refractivity (Wildman–Crippen MR) is 72.6 cm³/mol. The Morgan fingerprint density at radius 3 is 2.41 bits per heavy atom. The van der Waals surface area contributed by atoms with Crippen LogP contribution in [0.5, 0.6) is 0 Å². The monoisotopic (exact) mass is 273 g/mol. The molecule has 4 heteroatoms. The standard InChI is InChI=1S/C13H17Cl2NO/c1-13(2,3)8-16-12(17)7-9-4-5-10(14)11(15)6-9/h4-6H,7-8H2,1-3H3,(H,16,17). The molecule has 0 saturated heterocycles. The zero-order valence-electron chi connectivity index (χ0n) is 10.3. The third kappa shape index (κ3) is 5.42. The van der Waals surface area contributed by atoms with Crippen LogP contribution in [-0.4, -0.2) is 12.5 Å². The van der Waals surface area contributed by atoms with Crippen molar-refractivity contribution in [3.63, 3.8) is 0 Å².